The molecule has 1 amide bonds. The van der Waals surface area contributed by atoms with Gasteiger partial charge in [-0.05, 0) is 42.3 Å². The fourth-order valence-corrected chi connectivity index (χ4v) is 3.96. The van der Waals surface area contributed by atoms with Gasteiger partial charge in [0.05, 0.1) is 17.1 Å². The number of nitrogens with one attached hydrogen (secondary N) is 1. The molecule has 4 heteroatoms. The van der Waals surface area contributed by atoms with Crippen molar-refractivity contribution >= 4 is 5.91 Å². The molecule has 0 atom stereocenters. The van der Waals surface area contributed by atoms with Crippen molar-refractivity contribution in [1.29, 1.82) is 0 Å². The van der Waals surface area contributed by atoms with Crippen molar-refractivity contribution in [2.75, 3.05) is 6.54 Å². The molecule has 5 aromatic rings. The Labute approximate surface area is 199 Å². The number of hydrogen-bond acceptors (Lipinski definition) is 2. The van der Waals surface area contributed by atoms with Gasteiger partial charge in [-0.15, -0.1) is 0 Å². The third-order valence-corrected chi connectivity index (χ3v) is 5.76. The number of aromatic nitrogens is 2. The second-order valence-electron chi connectivity index (χ2n) is 8.10. The lowest BCUT2D eigenvalue weighted by atomic mass is 10.1. The van der Waals surface area contributed by atoms with Gasteiger partial charge in [0.2, 0.25) is 0 Å². The highest BCUT2D eigenvalue weighted by molar-refractivity contribution is 5.94. The van der Waals surface area contributed by atoms with E-state index in [-0.39, 0.29) is 5.91 Å². The molecule has 0 radical (unpaired) electrons. The maximum absolute atomic E-state index is 12.6. The number of carbonyl (C=O) groups excluding carboxylic acids is 1. The third-order valence-electron chi connectivity index (χ3n) is 5.76. The van der Waals surface area contributed by atoms with Gasteiger partial charge in [-0.2, -0.15) is 5.10 Å². The minimum atomic E-state index is -0.0730. The van der Waals surface area contributed by atoms with E-state index >= 15 is 0 Å². The van der Waals surface area contributed by atoms with Gasteiger partial charge in [-0.1, -0.05) is 91.0 Å². The monoisotopic (exact) mass is 443 g/mol. The van der Waals surface area contributed by atoms with Gasteiger partial charge in [0, 0.05) is 23.2 Å². The Balaban J connectivity index is 1.38. The summed E-state index contributed by atoms with van der Waals surface area (Å²) >= 11 is 0. The highest BCUT2D eigenvalue weighted by Gasteiger charge is 2.14. The number of nitrogens with zero attached hydrogens (tertiary/aromatic N) is 2. The summed E-state index contributed by atoms with van der Waals surface area (Å²) in [4.78, 5) is 12.6. The quantitative estimate of drug-likeness (QED) is 0.327. The van der Waals surface area contributed by atoms with Gasteiger partial charge in [-0.25, -0.2) is 4.68 Å². The Morgan fingerprint density at radius 3 is 1.94 bits per heavy atom. The maximum atomic E-state index is 12.6. The summed E-state index contributed by atoms with van der Waals surface area (Å²) in [6, 6.07) is 40.2. The van der Waals surface area contributed by atoms with Crippen LogP contribution in [0.2, 0.25) is 0 Å². The zero-order chi connectivity index (χ0) is 23.2. The van der Waals surface area contributed by atoms with Crippen molar-refractivity contribution in [2.24, 2.45) is 0 Å². The van der Waals surface area contributed by atoms with Crippen LogP contribution in [0.3, 0.4) is 0 Å². The zero-order valence-corrected chi connectivity index (χ0v) is 18.8. The largest absolute Gasteiger partial charge is 0.352 e. The molecule has 34 heavy (non-hydrogen) atoms. The molecule has 1 heterocycles. The molecule has 0 aliphatic heterocycles. The predicted octanol–water partition coefficient (Wildman–Crippen LogP) is 6.18. The summed E-state index contributed by atoms with van der Waals surface area (Å²) in [6.45, 7) is 0.600. The van der Waals surface area contributed by atoms with E-state index in [0.29, 0.717) is 12.1 Å². The van der Waals surface area contributed by atoms with E-state index < -0.39 is 0 Å². The SMILES string of the molecule is O=C(NCCc1ccccc1)c1ccc(-n2nc(-c3ccccc3)cc2-c2ccccc2)cc1. The Morgan fingerprint density at radius 1 is 0.706 bits per heavy atom. The van der Waals surface area contributed by atoms with Crippen LogP contribution < -0.4 is 5.32 Å². The molecular weight excluding hydrogens is 418 g/mol. The van der Waals surface area contributed by atoms with E-state index in [9.17, 15) is 4.79 Å². The van der Waals surface area contributed by atoms with Crippen molar-refractivity contribution in [3.8, 4) is 28.2 Å². The molecule has 5 rings (SSSR count). The minimum Gasteiger partial charge on any atom is -0.352 e. The van der Waals surface area contributed by atoms with E-state index in [1.165, 1.54) is 5.56 Å². The normalized spacial score (nSPS) is 10.7. The Morgan fingerprint density at radius 2 is 1.29 bits per heavy atom. The van der Waals surface area contributed by atoms with Crippen molar-refractivity contribution in [2.45, 2.75) is 6.42 Å². The van der Waals surface area contributed by atoms with Crippen LogP contribution in [0.15, 0.2) is 121 Å². The number of hydrogen-bond donors (Lipinski definition) is 1. The average molecular weight is 444 g/mol. The van der Waals surface area contributed by atoms with Crippen molar-refractivity contribution in [1.82, 2.24) is 15.1 Å². The number of benzene rings is 4. The van der Waals surface area contributed by atoms with Gasteiger partial charge >= 0.3 is 0 Å². The molecule has 0 bridgehead atoms. The molecule has 166 valence electrons. The maximum Gasteiger partial charge on any atom is 0.251 e. The van der Waals surface area contributed by atoms with Crippen LogP contribution in [0.5, 0.6) is 0 Å². The number of amides is 1. The summed E-state index contributed by atoms with van der Waals surface area (Å²) in [5.41, 5.74) is 6.80. The second kappa shape index (κ2) is 10.0. The molecule has 0 saturated carbocycles. The Hall–Kier alpha value is -4.44. The lowest BCUT2D eigenvalue weighted by Gasteiger charge is -2.09. The lowest BCUT2D eigenvalue weighted by molar-refractivity contribution is 0.0954. The number of carbonyl (C=O) groups is 1. The standard InChI is InChI=1S/C30H25N3O/c34-30(31-21-20-23-10-4-1-5-11-23)26-16-18-27(19-17-26)33-29(25-14-8-3-9-15-25)22-28(32-33)24-12-6-2-7-13-24/h1-19,22H,20-21H2,(H,31,34). The molecule has 4 nitrogen and oxygen atoms in total. The third kappa shape index (κ3) is 4.81. The summed E-state index contributed by atoms with van der Waals surface area (Å²) in [5.74, 6) is -0.0730. The summed E-state index contributed by atoms with van der Waals surface area (Å²) < 4.78 is 1.94. The van der Waals surface area contributed by atoms with Crippen LogP contribution in [0, 0.1) is 0 Å². The summed E-state index contributed by atoms with van der Waals surface area (Å²) in [6.07, 6.45) is 0.806. The van der Waals surface area contributed by atoms with Gasteiger partial charge in [0.15, 0.2) is 0 Å². The molecule has 0 spiro atoms. The average Bonchev–Trinajstić information content (AvgIpc) is 3.36. The van der Waals surface area contributed by atoms with E-state index in [0.717, 1.165) is 34.6 Å². The van der Waals surface area contributed by atoms with E-state index in [2.05, 4.69) is 47.8 Å². The second-order valence-corrected chi connectivity index (χ2v) is 8.10. The van der Waals surface area contributed by atoms with Crippen LogP contribution in [-0.4, -0.2) is 22.2 Å². The van der Waals surface area contributed by atoms with E-state index in [1.54, 1.807) is 0 Å². The molecule has 0 aliphatic rings. The first-order valence-corrected chi connectivity index (χ1v) is 11.4. The van der Waals surface area contributed by atoms with Crippen molar-refractivity contribution in [3.63, 3.8) is 0 Å². The topological polar surface area (TPSA) is 46.9 Å². The smallest absolute Gasteiger partial charge is 0.251 e. The fraction of sp³-hybridized carbons (Fsp3) is 0.0667. The lowest BCUT2D eigenvalue weighted by Crippen LogP contribution is -2.25. The molecule has 0 unspecified atom stereocenters. The highest BCUT2D eigenvalue weighted by Crippen LogP contribution is 2.28. The molecule has 0 fully saturated rings. The van der Waals surface area contributed by atoms with Gasteiger partial charge in [0.25, 0.3) is 5.91 Å². The minimum absolute atomic E-state index is 0.0730. The molecule has 0 saturated heterocycles. The van der Waals surface area contributed by atoms with Crippen LogP contribution in [0.1, 0.15) is 15.9 Å². The first kappa shape index (κ1) is 21.4. The zero-order valence-electron chi connectivity index (χ0n) is 18.8. The molecule has 4 aromatic carbocycles. The molecule has 1 N–H and O–H groups in total. The van der Waals surface area contributed by atoms with Gasteiger partial charge < -0.3 is 5.32 Å². The van der Waals surface area contributed by atoms with E-state index in [4.69, 9.17) is 5.10 Å². The predicted molar refractivity (Wildman–Crippen MR) is 137 cm³/mol. The van der Waals surface area contributed by atoms with Crippen LogP contribution in [0.25, 0.3) is 28.2 Å². The van der Waals surface area contributed by atoms with E-state index in [1.807, 2.05) is 83.5 Å². The van der Waals surface area contributed by atoms with Crippen LogP contribution in [-0.2, 0) is 6.42 Å². The highest BCUT2D eigenvalue weighted by atomic mass is 16.1. The van der Waals surface area contributed by atoms with Crippen LogP contribution >= 0.6 is 0 Å². The fourth-order valence-electron chi connectivity index (χ4n) is 3.96. The molecule has 0 aliphatic carbocycles. The first-order chi connectivity index (χ1) is 16.8. The first-order valence-electron chi connectivity index (χ1n) is 11.4. The summed E-state index contributed by atoms with van der Waals surface area (Å²) in [5, 5.41) is 7.91. The van der Waals surface area contributed by atoms with Gasteiger partial charge in [0.1, 0.15) is 0 Å². The molecule has 1 aromatic heterocycles. The molecular formula is C30H25N3O. The van der Waals surface area contributed by atoms with Crippen molar-refractivity contribution in [3.05, 3.63) is 132 Å². The van der Waals surface area contributed by atoms with Crippen molar-refractivity contribution < 1.29 is 4.79 Å². The summed E-state index contributed by atoms with van der Waals surface area (Å²) in [7, 11) is 0. The van der Waals surface area contributed by atoms with Crippen LogP contribution in [0.4, 0.5) is 0 Å². The Kier molecular flexibility index (Phi) is 6.30. The van der Waals surface area contributed by atoms with Gasteiger partial charge in [-0.3, -0.25) is 4.79 Å². The Bertz CT molecular complexity index is 1360. The number of rotatable bonds is 7.